The van der Waals surface area contributed by atoms with Crippen LogP contribution in [0, 0.1) is 12.3 Å². The maximum atomic E-state index is 12.3. The van der Waals surface area contributed by atoms with Crippen LogP contribution in [0.2, 0.25) is 0 Å². The van der Waals surface area contributed by atoms with Gasteiger partial charge in [-0.3, -0.25) is 10.1 Å². The lowest BCUT2D eigenvalue weighted by molar-refractivity contribution is 0.515. The molecule has 0 saturated heterocycles. The Hall–Kier alpha value is -3.15. The molecule has 0 amide bonds. The van der Waals surface area contributed by atoms with Crippen molar-refractivity contribution in [3.8, 4) is 0 Å². The summed E-state index contributed by atoms with van der Waals surface area (Å²) in [6.45, 7) is 3.13. The molecule has 0 spiro atoms. The highest BCUT2D eigenvalue weighted by atomic mass is 16.4. The van der Waals surface area contributed by atoms with Crippen LogP contribution in [0.15, 0.2) is 58.0 Å². The summed E-state index contributed by atoms with van der Waals surface area (Å²) < 4.78 is 8.94. The highest BCUT2D eigenvalue weighted by Gasteiger charge is 2.10. The van der Waals surface area contributed by atoms with Crippen LogP contribution in [-0.4, -0.2) is 14.3 Å². The summed E-state index contributed by atoms with van der Waals surface area (Å²) in [7, 11) is 0. The molecule has 0 aliphatic rings. The minimum atomic E-state index is -0.474. The molecule has 3 aromatic heterocycles. The van der Waals surface area contributed by atoms with E-state index in [1.54, 1.807) is 10.6 Å². The van der Waals surface area contributed by atoms with Gasteiger partial charge in [-0.15, -0.1) is 0 Å². The number of rotatable bonds is 3. The zero-order chi connectivity index (χ0) is 16.7. The third-order valence-corrected chi connectivity index (χ3v) is 4.14. The van der Waals surface area contributed by atoms with Gasteiger partial charge < -0.3 is 8.98 Å². The Morgan fingerprint density at radius 1 is 1.08 bits per heavy atom. The second-order valence-electron chi connectivity index (χ2n) is 5.75. The number of pyridine rings is 1. The Bertz CT molecular complexity index is 1170. The van der Waals surface area contributed by atoms with Gasteiger partial charge in [0.15, 0.2) is 0 Å². The number of benzene rings is 1. The molecular weight excluding hydrogens is 304 g/mol. The molecule has 1 N–H and O–H groups in total. The maximum absolute atomic E-state index is 12.3. The van der Waals surface area contributed by atoms with Crippen LogP contribution in [0.25, 0.3) is 21.7 Å². The number of nitrogens with zero attached hydrogens (tertiary/aromatic N) is 3. The van der Waals surface area contributed by atoms with Gasteiger partial charge in [0.1, 0.15) is 16.5 Å². The summed E-state index contributed by atoms with van der Waals surface area (Å²) in [4.78, 5) is 12.3. The van der Waals surface area contributed by atoms with Crippen molar-refractivity contribution in [3.63, 3.8) is 0 Å². The van der Waals surface area contributed by atoms with Gasteiger partial charge in [0.05, 0.1) is 12.2 Å². The largest absolute Gasteiger partial charge is 0.422 e. The fourth-order valence-corrected chi connectivity index (χ4v) is 2.94. The van der Waals surface area contributed by atoms with Crippen LogP contribution in [-0.2, 0) is 13.1 Å². The van der Waals surface area contributed by atoms with E-state index >= 15 is 0 Å². The molecule has 0 unspecified atom stereocenters. The van der Waals surface area contributed by atoms with Gasteiger partial charge in [0.25, 0.3) is 0 Å². The highest BCUT2D eigenvalue weighted by Crippen LogP contribution is 2.20. The average Bonchev–Trinajstić information content (AvgIpc) is 2.99. The fourth-order valence-electron chi connectivity index (χ4n) is 2.94. The second kappa shape index (κ2) is 5.49. The first-order chi connectivity index (χ1) is 11.6. The normalized spacial score (nSPS) is 11.4. The Labute approximate surface area is 137 Å². The first-order valence-corrected chi connectivity index (χ1v) is 7.73. The topological polar surface area (TPSA) is 76.8 Å². The molecule has 24 heavy (non-hydrogen) atoms. The monoisotopic (exact) mass is 320 g/mol. The van der Waals surface area contributed by atoms with Crippen molar-refractivity contribution >= 4 is 21.7 Å². The van der Waals surface area contributed by atoms with E-state index < -0.39 is 5.63 Å². The number of fused-ring (bicyclic) bond motifs is 3. The Morgan fingerprint density at radius 2 is 1.92 bits per heavy atom. The van der Waals surface area contributed by atoms with Gasteiger partial charge in [-0.2, -0.15) is 5.10 Å². The minimum Gasteiger partial charge on any atom is -0.422 e. The summed E-state index contributed by atoms with van der Waals surface area (Å²) in [6.07, 6.45) is 3.75. The number of hydrogen-bond acceptors (Lipinski definition) is 4. The predicted molar refractivity (Wildman–Crippen MR) is 90.8 cm³/mol. The zero-order valence-electron chi connectivity index (χ0n) is 13.2. The SMILES string of the molecule is Cc1ccn(CCn2ccc3c(c(=O)oc4ccccc43)c2=N)n1. The molecule has 0 saturated carbocycles. The van der Waals surface area contributed by atoms with E-state index in [2.05, 4.69) is 5.10 Å². The van der Waals surface area contributed by atoms with Crippen molar-refractivity contribution in [2.75, 3.05) is 0 Å². The summed E-state index contributed by atoms with van der Waals surface area (Å²) >= 11 is 0. The smallest absolute Gasteiger partial charge is 0.347 e. The van der Waals surface area contributed by atoms with Gasteiger partial charge in [0, 0.05) is 29.7 Å². The van der Waals surface area contributed by atoms with E-state index in [0.29, 0.717) is 24.1 Å². The molecule has 1 aromatic carbocycles. The quantitative estimate of drug-likeness (QED) is 0.465. The second-order valence-corrected chi connectivity index (χ2v) is 5.75. The number of aryl methyl sites for hydroxylation is 3. The number of para-hydroxylation sites is 1. The molecule has 120 valence electrons. The number of nitrogens with one attached hydrogen (secondary N) is 1. The van der Waals surface area contributed by atoms with Crippen molar-refractivity contribution in [1.29, 1.82) is 5.41 Å². The molecular formula is C18H16N4O2. The average molecular weight is 320 g/mol. The molecule has 0 bridgehead atoms. The van der Waals surface area contributed by atoms with E-state index in [4.69, 9.17) is 9.83 Å². The molecule has 0 atom stereocenters. The van der Waals surface area contributed by atoms with E-state index in [1.807, 2.05) is 54.3 Å². The lowest BCUT2D eigenvalue weighted by atomic mass is 10.1. The van der Waals surface area contributed by atoms with Gasteiger partial charge >= 0.3 is 5.63 Å². The van der Waals surface area contributed by atoms with Crippen LogP contribution in [0.1, 0.15) is 5.69 Å². The van der Waals surface area contributed by atoms with E-state index in [-0.39, 0.29) is 5.49 Å². The molecule has 0 fully saturated rings. The van der Waals surface area contributed by atoms with Crippen molar-refractivity contribution in [2.45, 2.75) is 20.0 Å². The number of aromatic nitrogens is 3. The fraction of sp³-hybridized carbons (Fsp3) is 0.167. The van der Waals surface area contributed by atoms with Crippen molar-refractivity contribution in [3.05, 3.63) is 70.4 Å². The molecule has 4 aromatic rings. The summed E-state index contributed by atoms with van der Waals surface area (Å²) in [5.74, 6) is 0. The minimum absolute atomic E-state index is 0.163. The molecule has 4 rings (SSSR count). The Morgan fingerprint density at radius 3 is 2.71 bits per heavy atom. The molecule has 3 heterocycles. The lowest BCUT2D eigenvalue weighted by Crippen LogP contribution is -2.26. The first-order valence-electron chi connectivity index (χ1n) is 7.73. The van der Waals surface area contributed by atoms with Gasteiger partial charge in [0.2, 0.25) is 0 Å². The van der Waals surface area contributed by atoms with Crippen molar-refractivity contribution in [2.24, 2.45) is 0 Å². The van der Waals surface area contributed by atoms with Crippen molar-refractivity contribution < 1.29 is 4.42 Å². The third kappa shape index (κ3) is 2.32. The summed E-state index contributed by atoms with van der Waals surface area (Å²) in [5, 5.41) is 14.6. The van der Waals surface area contributed by atoms with Gasteiger partial charge in [-0.1, -0.05) is 18.2 Å². The van der Waals surface area contributed by atoms with E-state index in [0.717, 1.165) is 16.5 Å². The maximum Gasteiger partial charge on any atom is 0.347 e. The van der Waals surface area contributed by atoms with E-state index in [1.165, 1.54) is 0 Å². The molecule has 6 heteroatoms. The highest BCUT2D eigenvalue weighted by molar-refractivity contribution is 6.03. The van der Waals surface area contributed by atoms with Crippen LogP contribution in [0.4, 0.5) is 0 Å². The van der Waals surface area contributed by atoms with Crippen molar-refractivity contribution in [1.82, 2.24) is 14.3 Å². The zero-order valence-corrected chi connectivity index (χ0v) is 13.2. The molecule has 0 radical (unpaired) electrons. The predicted octanol–water partition coefficient (Wildman–Crippen LogP) is 2.43. The molecule has 0 aliphatic heterocycles. The first kappa shape index (κ1) is 14.4. The van der Waals surface area contributed by atoms with Crippen LogP contribution in [0.5, 0.6) is 0 Å². The van der Waals surface area contributed by atoms with E-state index in [9.17, 15) is 4.79 Å². The van der Waals surface area contributed by atoms with Crippen LogP contribution >= 0.6 is 0 Å². The Balaban J connectivity index is 1.83. The van der Waals surface area contributed by atoms with Crippen LogP contribution in [0.3, 0.4) is 0 Å². The van der Waals surface area contributed by atoms with Gasteiger partial charge in [-0.25, -0.2) is 4.79 Å². The summed E-state index contributed by atoms with van der Waals surface area (Å²) in [6, 6.07) is 11.2. The molecule has 6 nitrogen and oxygen atoms in total. The Kier molecular flexibility index (Phi) is 3.30. The number of hydrogen-bond donors (Lipinski definition) is 1. The molecule has 0 aliphatic carbocycles. The van der Waals surface area contributed by atoms with Crippen LogP contribution < -0.4 is 11.1 Å². The lowest BCUT2D eigenvalue weighted by Gasteiger charge is -2.10. The standard InChI is InChI=1S/C18H16N4O2/c1-12-6-9-22(20-12)11-10-21-8-7-14-13-4-2-3-5-15(13)24-18(23)16(14)17(21)19/h2-9,19H,10-11H2,1H3. The third-order valence-electron chi connectivity index (χ3n) is 4.14. The van der Waals surface area contributed by atoms with Gasteiger partial charge in [-0.05, 0) is 25.1 Å². The summed E-state index contributed by atoms with van der Waals surface area (Å²) in [5.41, 5.74) is 1.18.